The number of ether oxygens (including phenoxy) is 1. The molecule has 34 heavy (non-hydrogen) atoms. The first-order chi connectivity index (χ1) is 16.5. The second-order valence-electron chi connectivity index (χ2n) is 9.79. The van der Waals surface area contributed by atoms with Crippen LogP contribution in [0.25, 0.3) is 11.1 Å². The summed E-state index contributed by atoms with van der Waals surface area (Å²) in [5, 5.41) is 14.8. The third-order valence-corrected chi connectivity index (χ3v) is 7.36. The average molecular weight is 463 g/mol. The predicted molar refractivity (Wildman–Crippen MR) is 126 cm³/mol. The summed E-state index contributed by atoms with van der Waals surface area (Å²) in [5.41, 5.74) is 4.66. The number of aliphatic carboxylic acids is 1. The molecule has 2 amide bonds. The first kappa shape index (κ1) is 22.4. The van der Waals surface area contributed by atoms with Crippen LogP contribution in [0.3, 0.4) is 0 Å². The molecule has 3 aliphatic carbocycles. The van der Waals surface area contributed by atoms with Gasteiger partial charge in [0.15, 0.2) is 0 Å². The zero-order valence-electron chi connectivity index (χ0n) is 19.0. The van der Waals surface area contributed by atoms with Gasteiger partial charge in [-0.25, -0.2) is 4.79 Å². The number of carbonyl (C=O) groups excluding carboxylic acids is 2. The molecule has 0 radical (unpaired) electrons. The molecule has 0 aromatic heterocycles. The molecule has 178 valence electrons. The second kappa shape index (κ2) is 9.49. The maximum Gasteiger partial charge on any atom is 0.407 e. The summed E-state index contributed by atoms with van der Waals surface area (Å²) in [4.78, 5) is 36.3. The van der Waals surface area contributed by atoms with E-state index in [0.29, 0.717) is 18.8 Å². The Morgan fingerprint density at radius 3 is 2.18 bits per heavy atom. The van der Waals surface area contributed by atoms with Crippen LogP contribution in [-0.4, -0.2) is 42.3 Å². The SMILES string of the molecule is O=C(NCC(CC1CC1)C(=O)NC1CC(C(=O)O)C1)OCC1c2ccccc2-c2ccccc21. The molecule has 0 spiro atoms. The maximum absolute atomic E-state index is 12.8. The summed E-state index contributed by atoms with van der Waals surface area (Å²) in [5.74, 6) is -1.11. The molecule has 2 aromatic carbocycles. The Hall–Kier alpha value is -3.35. The first-order valence-corrected chi connectivity index (χ1v) is 12.1. The van der Waals surface area contributed by atoms with Crippen LogP contribution >= 0.6 is 0 Å². The van der Waals surface area contributed by atoms with Crippen molar-refractivity contribution in [1.29, 1.82) is 0 Å². The number of hydrogen-bond acceptors (Lipinski definition) is 4. The highest BCUT2D eigenvalue weighted by atomic mass is 16.5. The second-order valence-corrected chi connectivity index (χ2v) is 9.79. The number of hydrogen-bond donors (Lipinski definition) is 3. The Morgan fingerprint density at radius 1 is 0.971 bits per heavy atom. The van der Waals surface area contributed by atoms with Crippen LogP contribution in [0.2, 0.25) is 0 Å². The number of nitrogens with one attached hydrogen (secondary N) is 2. The molecule has 2 fully saturated rings. The standard InChI is InChI=1S/C27H30N2O5/c30-25(29-19-12-17(13-19)26(31)32)18(11-16-9-10-16)14-28-27(33)34-15-24-22-7-3-1-5-20(22)21-6-2-4-8-23(21)24/h1-8,16-19,24H,9-15H2,(H,28,33)(H,29,30)(H,31,32). The van der Waals surface area contributed by atoms with Crippen LogP contribution in [0.1, 0.15) is 49.1 Å². The lowest BCUT2D eigenvalue weighted by Gasteiger charge is -2.34. The minimum Gasteiger partial charge on any atom is -0.481 e. The van der Waals surface area contributed by atoms with Crippen molar-refractivity contribution in [2.75, 3.05) is 13.2 Å². The fraction of sp³-hybridized carbons (Fsp3) is 0.444. The van der Waals surface area contributed by atoms with Crippen LogP contribution in [0, 0.1) is 17.8 Å². The van der Waals surface area contributed by atoms with Crippen molar-refractivity contribution >= 4 is 18.0 Å². The van der Waals surface area contributed by atoms with Crippen molar-refractivity contribution in [1.82, 2.24) is 10.6 Å². The van der Waals surface area contributed by atoms with Crippen LogP contribution in [-0.2, 0) is 14.3 Å². The molecule has 2 aromatic rings. The van der Waals surface area contributed by atoms with Crippen LogP contribution < -0.4 is 10.6 Å². The molecule has 0 heterocycles. The molecule has 0 bridgehead atoms. The molecule has 0 saturated heterocycles. The van der Waals surface area contributed by atoms with E-state index in [1.807, 2.05) is 24.3 Å². The number of amides is 2. The van der Waals surface area contributed by atoms with Crippen LogP contribution in [0.15, 0.2) is 48.5 Å². The van der Waals surface area contributed by atoms with E-state index in [2.05, 4.69) is 34.9 Å². The van der Waals surface area contributed by atoms with Gasteiger partial charge in [-0.15, -0.1) is 0 Å². The summed E-state index contributed by atoms with van der Waals surface area (Å²) in [6.45, 7) is 0.450. The van der Waals surface area contributed by atoms with Gasteiger partial charge < -0.3 is 20.5 Å². The predicted octanol–water partition coefficient (Wildman–Crippen LogP) is 3.92. The van der Waals surface area contributed by atoms with Gasteiger partial charge in [0.25, 0.3) is 0 Å². The molecular formula is C27H30N2O5. The molecule has 5 rings (SSSR count). The van der Waals surface area contributed by atoms with Gasteiger partial charge in [0.05, 0.1) is 11.8 Å². The van der Waals surface area contributed by atoms with Gasteiger partial charge in [0, 0.05) is 18.5 Å². The van der Waals surface area contributed by atoms with Gasteiger partial charge in [0.2, 0.25) is 5.91 Å². The Kier molecular flexibility index (Phi) is 6.26. The molecular weight excluding hydrogens is 432 g/mol. The fourth-order valence-corrected chi connectivity index (χ4v) is 5.15. The van der Waals surface area contributed by atoms with Crippen LogP contribution in [0.5, 0.6) is 0 Å². The van der Waals surface area contributed by atoms with E-state index >= 15 is 0 Å². The molecule has 7 heteroatoms. The van der Waals surface area contributed by atoms with Crippen molar-refractivity contribution < 1.29 is 24.2 Å². The highest BCUT2D eigenvalue weighted by Gasteiger charge is 2.37. The Morgan fingerprint density at radius 2 is 1.59 bits per heavy atom. The van der Waals surface area contributed by atoms with E-state index in [4.69, 9.17) is 9.84 Å². The minimum atomic E-state index is -0.808. The lowest BCUT2D eigenvalue weighted by molar-refractivity contribution is -0.146. The molecule has 1 atom stereocenters. The molecule has 3 N–H and O–H groups in total. The summed E-state index contributed by atoms with van der Waals surface area (Å²) >= 11 is 0. The van der Waals surface area contributed by atoms with Crippen molar-refractivity contribution in [3.63, 3.8) is 0 Å². The van der Waals surface area contributed by atoms with E-state index in [-0.39, 0.29) is 42.9 Å². The zero-order valence-corrected chi connectivity index (χ0v) is 19.0. The number of carboxylic acid groups (broad SMARTS) is 1. The van der Waals surface area contributed by atoms with Crippen molar-refractivity contribution in [3.05, 3.63) is 59.7 Å². The largest absolute Gasteiger partial charge is 0.481 e. The van der Waals surface area contributed by atoms with E-state index in [1.54, 1.807) is 0 Å². The maximum atomic E-state index is 12.8. The van der Waals surface area contributed by atoms with E-state index in [9.17, 15) is 14.4 Å². The summed E-state index contributed by atoms with van der Waals surface area (Å²) in [6, 6.07) is 16.3. The number of rotatable bonds is 9. The lowest BCUT2D eigenvalue weighted by atomic mass is 9.80. The van der Waals surface area contributed by atoms with Crippen molar-refractivity contribution in [2.24, 2.45) is 17.8 Å². The highest BCUT2D eigenvalue weighted by molar-refractivity contribution is 5.81. The van der Waals surface area contributed by atoms with Crippen LogP contribution in [0.4, 0.5) is 4.79 Å². The molecule has 3 aliphatic rings. The molecule has 7 nitrogen and oxygen atoms in total. The number of carbonyl (C=O) groups is 3. The van der Waals surface area contributed by atoms with Crippen molar-refractivity contribution in [2.45, 2.75) is 44.1 Å². The number of fused-ring (bicyclic) bond motifs is 3. The lowest BCUT2D eigenvalue weighted by Crippen LogP contribution is -2.50. The van der Waals surface area contributed by atoms with E-state index < -0.39 is 12.1 Å². The fourth-order valence-electron chi connectivity index (χ4n) is 5.15. The van der Waals surface area contributed by atoms with Gasteiger partial charge in [-0.05, 0) is 47.4 Å². The molecule has 1 unspecified atom stereocenters. The normalized spacial score (nSPS) is 21.5. The number of benzene rings is 2. The molecule has 2 saturated carbocycles. The highest BCUT2D eigenvalue weighted by Crippen LogP contribution is 2.44. The monoisotopic (exact) mass is 462 g/mol. The van der Waals surface area contributed by atoms with E-state index in [1.165, 1.54) is 11.1 Å². The quantitative estimate of drug-likeness (QED) is 0.524. The summed E-state index contributed by atoms with van der Waals surface area (Å²) in [6.07, 6.45) is 3.36. The third kappa shape index (κ3) is 4.79. The van der Waals surface area contributed by atoms with Crippen molar-refractivity contribution in [3.8, 4) is 11.1 Å². The van der Waals surface area contributed by atoms with Gasteiger partial charge >= 0.3 is 12.1 Å². The Bertz CT molecular complexity index is 1040. The minimum absolute atomic E-state index is 0.00972. The third-order valence-electron chi connectivity index (χ3n) is 7.36. The summed E-state index contributed by atoms with van der Waals surface area (Å²) in [7, 11) is 0. The first-order valence-electron chi connectivity index (χ1n) is 12.1. The topological polar surface area (TPSA) is 105 Å². The Labute approximate surface area is 198 Å². The van der Waals surface area contributed by atoms with Gasteiger partial charge in [-0.2, -0.15) is 0 Å². The average Bonchev–Trinajstić information content (AvgIpc) is 3.57. The van der Waals surface area contributed by atoms with E-state index in [0.717, 1.165) is 30.4 Å². The van der Waals surface area contributed by atoms with Gasteiger partial charge in [0.1, 0.15) is 6.61 Å². The molecule has 0 aliphatic heterocycles. The number of alkyl carbamates (subject to hydrolysis) is 1. The summed E-state index contributed by atoms with van der Waals surface area (Å²) < 4.78 is 5.60. The number of carboxylic acids is 1. The van der Waals surface area contributed by atoms with Gasteiger partial charge in [-0.1, -0.05) is 61.4 Å². The zero-order chi connectivity index (χ0) is 23.7. The Balaban J connectivity index is 1.14. The van der Waals surface area contributed by atoms with Gasteiger partial charge in [-0.3, -0.25) is 9.59 Å². The smallest absolute Gasteiger partial charge is 0.407 e.